The predicted octanol–water partition coefficient (Wildman–Crippen LogP) is 1.43. The first-order valence-electron chi connectivity index (χ1n) is 7.04. The number of benzene rings is 1. The van der Waals surface area contributed by atoms with Gasteiger partial charge in [0.2, 0.25) is 5.91 Å². The van der Waals surface area contributed by atoms with Gasteiger partial charge in [0.05, 0.1) is 6.54 Å². The number of Topliss-reactive ketones (excluding diaryl/α,β-unsaturated/α-hetero) is 1. The van der Waals surface area contributed by atoms with Gasteiger partial charge in [0.1, 0.15) is 0 Å². The van der Waals surface area contributed by atoms with Gasteiger partial charge in [-0.25, -0.2) is 0 Å². The van der Waals surface area contributed by atoms with Crippen molar-refractivity contribution in [3.05, 3.63) is 35.4 Å². The Labute approximate surface area is 151 Å². The molecule has 1 saturated heterocycles. The second-order valence-corrected chi connectivity index (χ2v) is 5.48. The Kier molecular flexibility index (Phi) is 7.71. The van der Waals surface area contributed by atoms with E-state index < -0.39 is 0 Å². The van der Waals surface area contributed by atoms with Crippen LogP contribution in [0.15, 0.2) is 18.2 Å². The smallest absolute Gasteiger partial charge is 0.223 e. The number of amides is 1. The van der Waals surface area contributed by atoms with Gasteiger partial charge in [-0.1, -0.05) is 12.5 Å². The van der Waals surface area contributed by atoms with Crippen LogP contribution in [0.5, 0.6) is 0 Å². The van der Waals surface area contributed by atoms with Crippen LogP contribution in [0.2, 0.25) is 0 Å². The number of hydrogen-bond donors (Lipinski definition) is 1. The fourth-order valence-corrected chi connectivity index (χ4v) is 2.44. The molecule has 111 valence electrons. The molecule has 5 heteroatoms. The molecule has 0 atom stereocenters. The first kappa shape index (κ1) is 18.5. The average Bonchev–Trinajstić information content (AvgIpc) is 2.45. The minimum atomic E-state index is -0.0524. The first-order valence-corrected chi connectivity index (χ1v) is 7.04. The van der Waals surface area contributed by atoms with E-state index in [9.17, 15) is 9.59 Å². The maximum Gasteiger partial charge on any atom is 0.223 e. The molecule has 0 unspecified atom stereocenters. The van der Waals surface area contributed by atoms with E-state index in [1.54, 1.807) is 18.2 Å². The molecule has 2 rings (SSSR count). The third-order valence-corrected chi connectivity index (χ3v) is 3.78. The Balaban J connectivity index is 0.00000220. The van der Waals surface area contributed by atoms with Crippen molar-refractivity contribution in [3.63, 3.8) is 0 Å². The number of hydrogen-bond acceptors (Lipinski definition) is 3. The molecule has 1 aliphatic heterocycles. The predicted molar refractivity (Wildman–Crippen MR) is 77.6 cm³/mol. The molecule has 1 aromatic rings. The van der Waals surface area contributed by atoms with Gasteiger partial charge >= 0.3 is 0 Å². The minimum absolute atomic E-state index is 0. The topological polar surface area (TPSA) is 49.4 Å². The van der Waals surface area contributed by atoms with E-state index in [1.807, 2.05) is 6.92 Å². The molecule has 0 saturated carbocycles. The number of nitrogens with zero attached hydrogens (tertiary/aromatic N) is 1. The molecule has 1 fully saturated rings. The van der Waals surface area contributed by atoms with Crippen LogP contribution in [0.25, 0.3) is 0 Å². The molecule has 1 aliphatic rings. The molecular weight excluding hydrogens is 341 g/mol. The second kappa shape index (κ2) is 8.77. The zero-order valence-corrected chi connectivity index (χ0v) is 15.5. The van der Waals surface area contributed by atoms with Gasteiger partial charge in [-0.05, 0) is 33.0 Å². The molecule has 4 nitrogen and oxygen atoms in total. The summed E-state index contributed by atoms with van der Waals surface area (Å²) in [5.41, 5.74) is 1.56. The van der Waals surface area contributed by atoms with Crippen LogP contribution in [-0.4, -0.2) is 43.3 Å². The van der Waals surface area contributed by atoms with Crippen molar-refractivity contribution in [3.8, 4) is 0 Å². The number of aryl methyl sites for hydroxylation is 1. The van der Waals surface area contributed by atoms with Crippen LogP contribution in [0, 0.1) is 18.9 Å². The molecule has 1 aromatic carbocycles. The van der Waals surface area contributed by atoms with Crippen molar-refractivity contribution in [2.45, 2.75) is 19.8 Å². The number of rotatable bonds is 4. The third kappa shape index (κ3) is 5.61. The van der Waals surface area contributed by atoms with Crippen LogP contribution >= 0.6 is 0 Å². The van der Waals surface area contributed by atoms with Crippen LogP contribution in [0.1, 0.15) is 28.8 Å². The SMILES string of the molecule is Cc1[c-]ccc(C(=O)CNC(=O)C2CCN(C)CC2)c1.[Y]. The summed E-state index contributed by atoms with van der Waals surface area (Å²) >= 11 is 0. The Morgan fingerprint density at radius 3 is 2.67 bits per heavy atom. The van der Waals surface area contributed by atoms with Crippen molar-refractivity contribution in [2.24, 2.45) is 5.92 Å². The summed E-state index contributed by atoms with van der Waals surface area (Å²) in [4.78, 5) is 26.2. The van der Waals surface area contributed by atoms with Crippen molar-refractivity contribution in [1.82, 2.24) is 10.2 Å². The molecular formula is C16H21N2O2Y-. The Morgan fingerprint density at radius 1 is 1.38 bits per heavy atom. The summed E-state index contributed by atoms with van der Waals surface area (Å²) in [5.74, 6) is -0.00103. The molecule has 1 N–H and O–H groups in total. The standard InChI is InChI=1S/C16H21N2O2.Y/c1-12-4-3-5-14(10-12)15(19)11-17-16(20)13-6-8-18(2)9-7-13;/h3,5,10,13H,6-9,11H2,1-2H3,(H,17,20);/q-1;. The number of likely N-dealkylation sites (tertiary alicyclic amines) is 1. The quantitative estimate of drug-likeness (QED) is 0.651. The Hall–Kier alpha value is -0.576. The van der Waals surface area contributed by atoms with E-state index in [-0.39, 0.29) is 56.9 Å². The number of ketones is 1. The molecule has 1 heterocycles. The summed E-state index contributed by atoms with van der Waals surface area (Å²) < 4.78 is 0. The monoisotopic (exact) mass is 362 g/mol. The van der Waals surface area contributed by atoms with Gasteiger partial charge in [-0.2, -0.15) is 29.8 Å². The molecule has 1 amide bonds. The van der Waals surface area contributed by atoms with Crippen molar-refractivity contribution in [2.75, 3.05) is 26.7 Å². The Bertz CT molecular complexity index is 497. The van der Waals surface area contributed by atoms with Gasteiger partial charge in [0.15, 0.2) is 5.78 Å². The number of carbonyl (C=O) groups excluding carboxylic acids is 2. The fraction of sp³-hybridized carbons (Fsp3) is 0.500. The molecule has 0 bridgehead atoms. The van der Waals surface area contributed by atoms with Crippen LogP contribution < -0.4 is 5.32 Å². The number of nitrogens with one attached hydrogen (secondary N) is 1. The summed E-state index contributed by atoms with van der Waals surface area (Å²) in [6.07, 6.45) is 1.74. The van der Waals surface area contributed by atoms with Crippen molar-refractivity contribution < 1.29 is 42.3 Å². The van der Waals surface area contributed by atoms with Crippen molar-refractivity contribution in [1.29, 1.82) is 0 Å². The zero-order chi connectivity index (χ0) is 14.5. The van der Waals surface area contributed by atoms with Crippen molar-refractivity contribution >= 4 is 11.7 Å². The molecule has 0 spiro atoms. The Morgan fingerprint density at radius 2 is 2.05 bits per heavy atom. The molecule has 1 radical (unpaired) electrons. The normalized spacial score (nSPS) is 16.1. The maximum absolute atomic E-state index is 12.0. The van der Waals surface area contributed by atoms with Gasteiger partial charge in [-0.15, -0.1) is 0 Å². The molecule has 21 heavy (non-hydrogen) atoms. The summed E-state index contributed by atoms with van der Waals surface area (Å²) in [6, 6.07) is 8.27. The van der Waals surface area contributed by atoms with Gasteiger partial charge in [0, 0.05) is 38.6 Å². The van der Waals surface area contributed by atoms with E-state index in [0.717, 1.165) is 31.5 Å². The first-order chi connectivity index (χ1) is 9.56. The second-order valence-electron chi connectivity index (χ2n) is 5.48. The van der Waals surface area contributed by atoms with Gasteiger partial charge < -0.3 is 10.2 Å². The van der Waals surface area contributed by atoms with Crippen LogP contribution in [-0.2, 0) is 37.5 Å². The van der Waals surface area contributed by atoms with Crippen LogP contribution in [0.4, 0.5) is 0 Å². The number of piperidine rings is 1. The van der Waals surface area contributed by atoms with Gasteiger partial charge in [0.25, 0.3) is 0 Å². The largest absolute Gasteiger partial charge is 0.348 e. The van der Waals surface area contributed by atoms with Gasteiger partial charge in [-0.3, -0.25) is 9.59 Å². The van der Waals surface area contributed by atoms with E-state index in [2.05, 4.69) is 23.3 Å². The summed E-state index contributed by atoms with van der Waals surface area (Å²) in [5, 5.41) is 2.77. The van der Waals surface area contributed by atoms with E-state index in [0.29, 0.717) is 5.56 Å². The fourth-order valence-electron chi connectivity index (χ4n) is 2.44. The van der Waals surface area contributed by atoms with E-state index >= 15 is 0 Å². The van der Waals surface area contributed by atoms with E-state index in [1.165, 1.54) is 0 Å². The summed E-state index contributed by atoms with van der Waals surface area (Å²) in [6.45, 7) is 3.86. The van der Waals surface area contributed by atoms with E-state index in [4.69, 9.17) is 0 Å². The maximum atomic E-state index is 12.0. The molecule has 0 aromatic heterocycles. The van der Waals surface area contributed by atoms with Crippen LogP contribution in [0.3, 0.4) is 0 Å². The molecule has 0 aliphatic carbocycles. The average molecular weight is 362 g/mol. The zero-order valence-electron chi connectivity index (χ0n) is 12.7. The third-order valence-electron chi connectivity index (χ3n) is 3.78. The number of carbonyl (C=O) groups is 2. The summed E-state index contributed by atoms with van der Waals surface area (Å²) in [7, 11) is 2.06. The minimum Gasteiger partial charge on any atom is -0.348 e.